The molecule has 2 aromatic carbocycles. The van der Waals surface area contributed by atoms with E-state index in [1.54, 1.807) is 44.6 Å². The molecule has 2 aromatic heterocycles. The van der Waals surface area contributed by atoms with Crippen LogP contribution in [0.1, 0.15) is 28.8 Å². The number of rotatable bonds is 8. The number of thiophene rings is 1. The number of hydrogen-bond donors (Lipinski definition) is 1. The number of halogens is 1. The third kappa shape index (κ3) is 5.08. The molecule has 0 bridgehead atoms. The molecule has 1 N–H and O–H groups in total. The highest BCUT2D eigenvalue weighted by atomic mass is 35.5. The Labute approximate surface area is 228 Å². The molecule has 0 unspecified atom stereocenters. The van der Waals surface area contributed by atoms with Crippen molar-refractivity contribution in [3.05, 3.63) is 84.3 Å². The van der Waals surface area contributed by atoms with Gasteiger partial charge in [-0.05, 0) is 73.6 Å². The number of nitrogens with one attached hydrogen (secondary N) is 1. The first-order valence-corrected chi connectivity index (χ1v) is 13.6. The standard InChI is InChI=1S/C28H28ClN3O5S/c1-36-21-11-10-17(14-22(21)37-2)12-13-31-26(34)25-20-8-3-4-9-23(20)38-27(25)32(28(31)35)16-24(33)30-19-7-5-6-18(29)15-19/h5-7,10-11,14-15H,3-4,8-9,12-13,16H2,1-2H3,(H,30,33). The molecule has 2 heterocycles. The molecule has 38 heavy (non-hydrogen) atoms. The van der Waals surface area contributed by atoms with Gasteiger partial charge in [-0.25, -0.2) is 4.79 Å². The zero-order valence-corrected chi connectivity index (χ0v) is 22.8. The summed E-state index contributed by atoms with van der Waals surface area (Å²) in [6.45, 7) is -0.0402. The molecule has 0 atom stereocenters. The number of amides is 1. The third-order valence-electron chi connectivity index (χ3n) is 6.80. The monoisotopic (exact) mass is 553 g/mol. The van der Waals surface area contributed by atoms with E-state index in [9.17, 15) is 14.4 Å². The number of aryl methyl sites for hydroxylation is 3. The number of hydrogen-bond acceptors (Lipinski definition) is 6. The Balaban J connectivity index is 1.53. The molecule has 8 nitrogen and oxygen atoms in total. The first kappa shape index (κ1) is 26.1. The van der Waals surface area contributed by atoms with Gasteiger partial charge in [-0.3, -0.25) is 18.7 Å². The maximum Gasteiger partial charge on any atom is 0.332 e. The summed E-state index contributed by atoms with van der Waals surface area (Å²) in [5.41, 5.74) is 1.66. The fourth-order valence-electron chi connectivity index (χ4n) is 4.94. The summed E-state index contributed by atoms with van der Waals surface area (Å²) in [7, 11) is 3.13. The van der Waals surface area contributed by atoms with Gasteiger partial charge in [-0.2, -0.15) is 0 Å². The van der Waals surface area contributed by atoms with Gasteiger partial charge < -0.3 is 14.8 Å². The minimum Gasteiger partial charge on any atom is -0.493 e. The van der Waals surface area contributed by atoms with Crippen molar-refractivity contribution in [2.24, 2.45) is 0 Å². The van der Waals surface area contributed by atoms with Crippen LogP contribution in [-0.4, -0.2) is 29.3 Å². The summed E-state index contributed by atoms with van der Waals surface area (Å²) < 4.78 is 13.4. The quantitative estimate of drug-likeness (QED) is 0.343. The Morgan fingerprint density at radius 2 is 1.82 bits per heavy atom. The maximum absolute atomic E-state index is 13.7. The summed E-state index contributed by atoms with van der Waals surface area (Å²) in [5, 5.41) is 3.87. The van der Waals surface area contributed by atoms with Crippen molar-refractivity contribution in [3.63, 3.8) is 0 Å². The lowest BCUT2D eigenvalue weighted by atomic mass is 9.97. The zero-order chi connectivity index (χ0) is 26.8. The van der Waals surface area contributed by atoms with Crippen LogP contribution in [0.15, 0.2) is 52.1 Å². The normalized spacial score (nSPS) is 12.8. The number of aromatic nitrogens is 2. The van der Waals surface area contributed by atoms with Gasteiger partial charge in [0.25, 0.3) is 5.56 Å². The number of benzene rings is 2. The second-order valence-electron chi connectivity index (χ2n) is 9.21. The smallest absolute Gasteiger partial charge is 0.332 e. The van der Waals surface area contributed by atoms with Gasteiger partial charge >= 0.3 is 5.69 Å². The second-order valence-corrected chi connectivity index (χ2v) is 10.7. The molecule has 10 heteroatoms. The summed E-state index contributed by atoms with van der Waals surface area (Å²) in [5.74, 6) is 0.815. The topological polar surface area (TPSA) is 91.6 Å². The van der Waals surface area contributed by atoms with E-state index in [0.717, 1.165) is 41.7 Å². The first-order valence-electron chi connectivity index (χ1n) is 12.4. The van der Waals surface area contributed by atoms with Gasteiger partial charge in [-0.15, -0.1) is 11.3 Å². The number of anilines is 1. The van der Waals surface area contributed by atoms with E-state index in [4.69, 9.17) is 21.1 Å². The Hall–Kier alpha value is -3.56. The Kier molecular flexibility index (Phi) is 7.58. The molecule has 0 spiro atoms. The molecular weight excluding hydrogens is 526 g/mol. The van der Waals surface area contributed by atoms with Crippen molar-refractivity contribution in [2.45, 2.75) is 45.2 Å². The molecule has 0 saturated carbocycles. The van der Waals surface area contributed by atoms with E-state index in [-0.39, 0.29) is 24.6 Å². The van der Waals surface area contributed by atoms with Crippen molar-refractivity contribution < 1.29 is 14.3 Å². The van der Waals surface area contributed by atoms with Crippen LogP contribution >= 0.6 is 22.9 Å². The fourth-order valence-corrected chi connectivity index (χ4v) is 6.50. The van der Waals surface area contributed by atoms with E-state index < -0.39 is 5.69 Å². The molecular formula is C28H28ClN3O5S. The summed E-state index contributed by atoms with van der Waals surface area (Å²) >= 11 is 7.51. The molecule has 1 aliphatic rings. The molecule has 1 amide bonds. The Morgan fingerprint density at radius 3 is 2.58 bits per heavy atom. The van der Waals surface area contributed by atoms with Gasteiger partial charge in [0, 0.05) is 22.1 Å². The van der Waals surface area contributed by atoms with E-state index >= 15 is 0 Å². The predicted octanol–water partition coefficient (Wildman–Crippen LogP) is 4.66. The average Bonchev–Trinajstić information content (AvgIpc) is 3.30. The van der Waals surface area contributed by atoms with Crippen molar-refractivity contribution >= 4 is 44.7 Å². The van der Waals surface area contributed by atoms with Crippen LogP contribution in [0.2, 0.25) is 5.02 Å². The van der Waals surface area contributed by atoms with Crippen molar-refractivity contribution in [1.29, 1.82) is 0 Å². The lowest BCUT2D eigenvalue weighted by molar-refractivity contribution is -0.116. The van der Waals surface area contributed by atoms with Gasteiger partial charge in [0.1, 0.15) is 11.4 Å². The number of methoxy groups -OCH3 is 2. The van der Waals surface area contributed by atoms with Crippen LogP contribution < -0.4 is 26.0 Å². The van der Waals surface area contributed by atoms with Crippen LogP contribution in [-0.2, 0) is 37.1 Å². The SMILES string of the molecule is COc1ccc(CCn2c(=O)c3c4c(sc3n(CC(=O)Nc3cccc(Cl)c3)c2=O)CCCC4)cc1OC. The lowest BCUT2D eigenvalue weighted by Crippen LogP contribution is -2.42. The highest BCUT2D eigenvalue weighted by molar-refractivity contribution is 7.18. The predicted molar refractivity (Wildman–Crippen MR) is 150 cm³/mol. The van der Waals surface area contributed by atoms with E-state index in [0.29, 0.717) is 38.8 Å². The molecule has 5 rings (SSSR count). The van der Waals surface area contributed by atoms with E-state index in [1.165, 1.54) is 20.5 Å². The van der Waals surface area contributed by atoms with Crippen molar-refractivity contribution in [1.82, 2.24) is 9.13 Å². The van der Waals surface area contributed by atoms with Crippen molar-refractivity contribution in [2.75, 3.05) is 19.5 Å². The Bertz CT molecular complexity index is 1640. The van der Waals surface area contributed by atoms with Crippen LogP contribution in [0.5, 0.6) is 11.5 Å². The number of carbonyl (C=O) groups excluding carboxylic acids is 1. The van der Waals surface area contributed by atoms with Crippen LogP contribution in [0.25, 0.3) is 10.2 Å². The van der Waals surface area contributed by atoms with Crippen LogP contribution in [0.3, 0.4) is 0 Å². The Morgan fingerprint density at radius 1 is 1.03 bits per heavy atom. The number of fused-ring (bicyclic) bond motifs is 3. The highest BCUT2D eigenvalue weighted by Gasteiger charge is 2.24. The molecule has 0 radical (unpaired) electrons. The zero-order valence-electron chi connectivity index (χ0n) is 21.2. The van der Waals surface area contributed by atoms with Gasteiger partial charge in [0.2, 0.25) is 5.91 Å². The first-order chi connectivity index (χ1) is 18.4. The molecule has 0 fully saturated rings. The van der Waals surface area contributed by atoms with Gasteiger partial charge in [-0.1, -0.05) is 23.7 Å². The summed E-state index contributed by atoms with van der Waals surface area (Å²) in [6, 6.07) is 12.4. The van der Waals surface area contributed by atoms with Crippen LogP contribution in [0.4, 0.5) is 5.69 Å². The second kappa shape index (κ2) is 11.0. The molecule has 0 saturated heterocycles. The summed E-state index contributed by atoms with van der Waals surface area (Å²) in [4.78, 5) is 42.1. The summed E-state index contributed by atoms with van der Waals surface area (Å²) in [6.07, 6.45) is 4.16. The minimum absolute atomic E-state index is 0.170. The lowest BCUT2D eigenvalue weighted by Gasteiger charge is -2.14. The highest BCUT2D eigenvalue weighted by Crippen LogP contribution is 2.34. The molecule has 198 valence electrons. The van der Waals surface area contributed by atoms with Gasteiger partial charge in [0.05, 0.1) is 19.6 Å². The number of nitrogens with zero attached hydrogens (tertiary/aromatic N) is 2. The maximum atomic E-state index is 13.7. The fraction of sp³-hybridized carbons (Fsp3) is 0.321. The molecule has 0 aliphatic heterocycles. The number of ether oxygens (including phenoxy) is 2. The van der Waals surface area contributed by atoms with E-state index in [1.807, 2.05) is 12.1 Å². The average molecular weight is 554 g/mol. The van der Waals surface area contributed by atoms with Gasteiger partial charge in [0.15, 0.2) is 11.5 Å². The molecule has 4 aromatic rings. The molecule has 1 aliphatic carbocycles. The van der Waals surface area contributed by atoms with E-state index in [2.05, 4.69) is 5.32 Å². The largest absolute Gasteiger partial charge is 0.493 e. The van der Waals surface area contributed by atoms with Crippen molar-refractivity contribution in [3.8, 4) is 11.5 Å². The third-order valence-corrected chi connectivity index (χ3v) is 8.35. The van der Waals surface area contributed by atoms with Crippen LogP contribution in [0, 0.1) is 0 Å². The minimum atomic E-state index is -0.497. The number of carbonyl (C=O) groups is 1.